The van der Waals surface area contributed by atoms with Gasteiger partial charge in [0.15, 0.2) is 0 Å². The normalized spacial score (nSPS) is 11.1. The molecule has 8 nitrogen and oxygen atoms in total. The second kappa shape index (κ2) is 10.3. The maximum absolute atomic E-state index is 12.4. The van der Waals surface area contributed by atoms with Crippen molar-refractivity contribution in [2.75, 3.05) is 45.0 Å². The third-order valence-corrected chi connectivity index (χ3v) is 6.28. The number of ether oxygens (including phenoxy) is 2. The SMILES string of the molecule is C=CCN(C)S(=O)(=O)c1ccc(NCC(=O)Nc2cc(Cl)c(OC)cc2OC)cc1. The highest BCUT2D eigenvalue weighted by molar-refractivity contribution is 7.89. The molecule has 30 heavy (non-hydrogen) atoms. The van der Waals surface area contributed by atoms with E-state index < -0.39 is 10.0 Å². The molecule has 0 aliphatic carbocycles. The topological polar surface area (TPSA) is 97.0 Å². The van der Waals surface area contributed by atoms with Crippen LogP contribution in [0.5, 0.6) is 11.5 Å². The number of likely N-dealkylation sites (N-methyl/N-ethyl adjacent to an activating group) is 1. The van der Waals surface area contributed by atoms with Gasteiger partial charge in [-0.25, -0.2) is 8.42 Å². The highest BCUT2D eigenvalue weighted by Crippen LogP contribution is 2.35. The van der Waals surface area contributed by atoms with E-state index in [1.807, 2.05) is 0 Å². The molecule has 2 aromatic rings. The lowest BCUT2D eigenvalue weighted by Gasteiger charge is -2.16. The summed E-state index contributed by atoms with van der Waals surface area (Å²) in [7, 11) is 0.844. The van der Waals surface area contributed by atoms with Crippen molar-refractivity contribution in [2.24, 2.45) is 0 Å². The smallest absolute Gasteiger partial charge is 0.243 e. The van der Waals surface area contributed by atoms with Crippen molar-refractivity contribution >= 4 is 38.9 Å². The van der Waals surface area contributed by atoms with Gasteiger partial charge in [-0.05, 0) is 30.3 Å². The van der Waals surface area contributed by atoms with E-state index in [-0.39, 0.29) is 23.9 Å². The zero-order valence-corrected chi connectivity index (χ0v) is 18.5. The van der Waals surface area contributed by atoms with Gasteiger partial charge in [0.1, 0.15) is 11.5 Å². The van der Waals surface area contributed by atoms with Crippen LogP contribution in [0.1, 0.15) is 0 Å². The summed E-state index contributed by atoms with van der Waals surface area (Å²) in [5, 5.41) is 5.98. The van der Waals surface area contributed by atoms with Crippen molar-refractivity contribution in [1.82, 2.24) is 4.31 Å². The number of benzene rings is 2. The summed E-state index contributed by atoms with van der Waals surface area (Å²) in [4.78, 5) is 12.4. The first-order valence-corrected chi connectivity index (χ1v) is 10.7. The fourth-order valence-corrected chi connectivity index (χ4v) is 3.92. The molecule has 0 saturated carbocycles. The average Bonchev–Trinajstić information content (AvgIpc) is 2.73. The molecule has 162 valence electrons. The van der Waals surface area contributed by atoms with Crippen LogP contribution in [-0.2, 0) is 14.8 Å². The van der Waals surface area contributed by atoms with E-state index in [2.05, 4.69) is 17.2 Å². The maximum Gasteiger partial charge on any atom is 0.243 e. The van der Waals surface area contributed by atoms with E-state index in [4.69, 9.17) is 21.1 Å². The predicted octanol–water partition coefficient (Wildman–Crippen LogP) is 3.21. The van der Waals surface area contributed by atoms with Gasteiger partial charge in [-0.15, -0.1) is 6.58 Å². The highest BCUT2D eigenvalue weighted by Gasteiger charge is 2.19. The number of rotatable bonds is 10. The number of nitrogens with zero attached hydrogens (tertiary/aromatic N) is 1. The van der Waals surface area contributed by atoms with Crippen molar-refractivity contribution in [2.45, 2.75) is 4.90 Å². The van der Waals surface area contributed by atoms with E-state index in [0.29, 0.717) is 27.9 Å². The molecule has 1 amide bonds. The Labute approximate surface area is 181 Å². The standard InChI is InChI=1S/C20H24ClN3O5S/c1-5-10-24(2)30(26,27)15-8-6-14(7-9-15)22-13-20(25)23-17-11-16(21)18(28-3)12-19(17)29-4/h5-9,11-12,22H,1,10,13H2,2-4H3,(H,23,25). The summed E-state index contributed by atoms with van der Waals surface area (Å²) in [6, 6.07) is 9.24. The monoisotopic (exact) mass is 453 g/mol. The predicted molar refractivity (Wildman–Crippen MR) is 118 cm³/mol. The Bertz CT molecular complexity index is 1010. The summed E-state index contributed by atoms with van der Waals surface area (Å²) in [5.41, 5.74) is 0.997. The molecule has 2 N–H and O–H groups in total. The molecule has 0 bridgehead atoms. The zero-order valence-electron chi connectivity index (χ0n) is 16.9. The number of methoxy groups -OCH3 is 2. The fraction of sp³-hybridized carbons (Fsp3) is 0.250. The molecule has 0 fully saturated rings. The third-order valence-electron chi connectivity index (χ3n) is 4.15. The maximum atomic E-state index is 12.4. The number of amides is 1. The van der Waals surface area contributed by atoms with Gasteiger partial charge >= 0.3 is 0 Å². The minimum atomic E-state index is -3.59. The lowest BCUT2D eigenvalue weighted by atomic mass is 10.2. The van der Waals surface area contributed by atoms with Crippen molar-refractivity contribution < 1.29 is 22.7 Å². The van der Waals surface area contributed by atoms with Crippen LogP contribution in [0.25, 0.3) is 0 Å². The average molecular weight is 454 g/mol. The fourth-order valence-electron chi connectivity index (χ4n) is 2.54. The van der Waals surface area contributed by atoms with E-state index in [1.54, 1.807) is 18.2 Å². The van der Waals surface area contributed by atoms with Crippen LogP contribution in [0, 0.1) is 0 Å². The van der Waals surface area contributed by atoms with E-state index >= 15 is 0 Å². The number of hydrogen-bond acceptors (Lipinski definition) is 6. The molecule has 0 radical (unpaired) electrons. The van der Waals surface area contributed by atoms with Gasteiger partial charge < -0.3 is 20.1 Å². The Hall–Kier alpha value is -2.75. The van der Waals surface area contributed by atoms with Gasteiger partial charge in [0.25, 0.3) is 0 Å². The van der Waals surface area contributed by atoms with Crippen molar-refractivity contribution in [3.05, 3.63) is 54.1 Å². The lowest BCUT2D eigenvalue weighted by molar-refractivity contribution is -0.114. The van der Waals surface area contributed by atoms with Gasteiger partial charge in [0, 0.05) is 25.3 Å². The molecule has 0 spiro atoms. The molecule has 2 aromatic carbocycles. The molecule has 0 heterocycles. The Kier molecular flexibility index (Phi) is 8.10. The first-order chi connectivity index (χ1) is 14.2. The lowest BCUT2D eigenvalue weighted by Crippen LogP contribution is -2.27. The second-order valence-electron chi connectivity index (χ2n) is 6.19. The Balaban J connectivity index is 2.02. The molecule has 0 saturated heterocycles. The summed E-state index contributed by atoms with van der Waals surface area (Å²) in [5.74, 6) is 0.498. The molecule has 0 aromatic heterocycles. The number of nitrogens with one attached hydrogen (secondary N) is 2. The van der Waals surface area contributed by atoms with Crippen LogP contribution in [-0.4, -0.2) is 53.0 Å². The number of carbonyl (C=O) groups excluding carboxylic acids is 1. The number of carbonyl (C=O) groups is 1. The minimum Gasteiger partial charge on any atom is -0.495 e. The van der Waals surface area contributed by atoms with Gasteiger partial charge in [0.2, 0.25) is 15.9 Å². The minimum absolute atomic E-state index is 0.0464. The van der Waals surface area contributed by atoms with Crippen LogP contribution >= 0.6 is 11.6 Å². The molecule has 0 atom stereocenters. The number of sulfonamides is 1. The summed E-state index contributed by atoms with van der Waals surface area (Å²) >= 11 is 6.10. The van der Waals surface area contributed by atoms with Crippen LogP contribution in [0.3, 0.4) is 0 Å². The van der Waals surface area contributed by atoms with E-state index in [1.165, 1.54) is 49.8 Å². The van der Waals surface area contributed by atoms with Crippen LogP contribution in [0.4, 0.5) is 11.4 Å². The van der Waals surface area contributed by atoms with Crippen molar-refractivity contribution in [3.8, 4) is 11.5 Å². The first kappa shape index (κ1) is 23.5. The highest BCUT2D eigenvalue weighted by atomic mass is 35.5. The molecule has 2 rings (SSSR count). The molecular formula is C20H24ClN3O5S. The summed E-state index contributed by atoms with van der Waals surface area (Å²) < 4.78 is 36.4. The van der Waals surface area contributed by atoms with Gasteiger partial charge in [-0.1, -0.05) is 17.7 Å². The van der Waals surface area contributed by atoms with Crippen LogP contribution < -0.4 is 20.1 Å². The van der Waals surface area contributed by atoms with E-state index in [0.717, 1.165) is 0 Å². The zero-order chi connectivity index (χ0) is 22.3. The first-order valence-electron chi connectivity index (χ1n) is 8.85. The Morgan fingerprint density at radius 3 is 2.37 bits per heavy atom. The molecule has 0 unspecified atom stereocenters. The number of anilines is 2. The summed E-state index contributed by atoms with van der Waals surface area (Å²) in [6.07, 6.45) is 1.51. The summed E-state index contributed by atoms with van der Waals surface area (Å²) in [6.45, 7) is 3.70. The molecule has 10 heteroatoms. The largest absolute Gasteiger partial charge is 0.495 e. The third kappa shape index (κ3) is 5.65. The Morgan fingerprint density at radius 1 is 1.17 bits per heavy atom. The second-order valence-corrected chi connectivity index (χ2v) is 8.64. The van der Waals surface area contributed by atoms with Crippen LogP contribution in [0.2, 0.25) is 5.02 Å². The number of halogens is 1. The van der Waals surface area contributed by atoms with Crippen LogP contribution in [0.15, 0.2) is 53.9 Å². The Morgan fingerprint density at radius 2 is 1.80 bits per heavy atom. The van der Waals surface area contributed by atoms with Gasteiger partial charge in [-0.2, -0.15) is 4.31 Å². The van der Waals surface area contributed by atoms with Crippen molar-refractivity contribution in [3.63, 3.8) is 0 Å². The number of hydrogen-bond donors (Lipinski definition) is 2. The van der Waals surface area contributed by atoms with Crippen molar-refractivity contribution in [1.29, 1.82) is 0 Å². The molecular weight excluding hydrogens is 430 g/mol. The quantitative estimate of drug-likeness (QED) is 0.536. The van der Waals surface area contributed by atoms with Gasteiger partial charge in [0.05, 0.1) is 36.4 Å². The molecule has 0 aliphatic heterocycles. The molecule has 0 aliphatic rings. The van der Waals surface area contributed by atoms with E-state index in [9.17, 15) is 13.2 Å². The van der Waals surface area contributed by atoms with Gasteiger partial charge in [-0.3, -0.25) is 4.79 Å².